The van der Waals surface area contributed by atoms with Crippen LogP contribution >= 0.6 is 0 Å². The first-order valence-electron chi connectivity index (χ1n) is 6.26. The molecule has 90 valence electrons. The van der Waals surface area contributed by atoms with E-state index in [9.17, 15) is 4.79 Å². The van der Waals surface area contributed by atoms with E-state index in [0.717, 1.165) is 6.54 Å². The number of benzene rings is 1. The lowest BCUT2D eigenvalue weighted by Crippen LogP contribution is -2.26. The van der Waals surface area contributed by atoms with Crippen molar-refractivity contribution in [2.45, 2.75) is 25.3 Å². The predicted molar refractivity (Wildman–Crippen MR) is 67.0 cm³/mol. The average Bonchev–Trinajstić information content (AvgIpc) is 2.89. The van der Waals surface area contributed by atoms with E-state index in [1.807, 2.05) is 19.0 Å². The van der Waals surface area contributed by atoms with Crippen LogP contribution in [-0.4, -0.2) is 36.5 Å². The molecule has 0 radical (unpaired) electrons. The van der Waals surface area contributed by atoms with Crippen LogP contribution in [0.2, 0.25) is 0 Å². The summed E-state index contributed by atoms with van der Waals surface area (Å²) in [7, 11) is 3.76. The Morgan fingerprint density at radius 2 is 1.94 bits per heavy atom. The molecule has 3 heteroatoms. The van der Waals surface area contributed by atoms with Gasteiger partial charge in [0.1, 0.15) is 0 Å². The highest BCUT2D eigenvalue weighted by molar-refractivity contribution is 5.76. The van der Waals surface area contributed by atoms with Crippen molar-refractivity contribution in [2.75, 3.05) is 20.6 Å². The van der Waals surface area contributed by atoms with E-state index in [-0.39, 0.29) is 12.1 Å². The normalized spacial score (nSPS) is 23.4. The highest BCUT2D eigenvalue weighted by Crippen LogP contribution is 2.31. The Hall–Kier alpha value is -1.51. The molecule has 0 N–H and O–H groups in total. The third-order valence-corrected chi connectivity index (χ3v) is 4.05. The highest BCUT2D eigenvalue weighted by atomic mass is 16.2. The number of amides is 2. The molecule has 0 spiro atoms. The minimum absolute atomic E-state index is 0.121. The highest BCUT2D eigenvalue weighted by Gasteiger charge is 2.33. The Labute approximate surface area is 102 Å². The lowest BCUT2D eigenvalue weighted by molar-refractivity contribution is 0.201. The van der Waals surface area contributed by atoms with Gasteiger partial charge in [-0.3, -0.25) is 0 Å². The van der Waals surface area contributed by atoms with Crippen LogP contribution in [0.15, 0.2) is 18.2 Å². The zero-order chi connectivity index (χ0) is 12.0. The van der Waals surface area contributed by atoms with Crippen LogP contribution in [0.4, 0.5) is 4.79 Å². The molecule has 2 amide bonds. The van der Waals surface area contributed by atoms with Crippen molar-refractivity contribution in [1.29, 1.82) is 0 Å². The molecular formula is C14H18N2O. The Kier molecular flexibility index (Phi) is 2.35. The predicted octanol–water partition coefficient (Wildman–Crippen LogP) is 2.21. The first-order valence-corrected chi connectivity index (χ1v) is 6.26. The molecule has 17 heavy (non-hydrogen) atoms. The molecule has 3 rings (SSSR count). The summed E-state index contributed by atoms with van der Waals surface area (Å²) in [6, 6.07) is 7.08. The number of nitrogens with zero attached hydrogens (tertiary/aromatic N) is 2. The zero-order valence-corrected chi connectivity index (χ0v) is 10.4. The molecule has 1 heterocycles. The standard InChI is InChI=1S/C14H18N2O/c1-15-9-13(16(2)14(15)17)12-7-6-10-4-3-5-11(10)8-12/h6-8,13H,3-5,9H2,1-2H3. The third kappa shape index (κ3) is 1.61. The lowest BCUT2D eigenvalue weighted by Gasteiger charge is -2.19. The molecule has 1 saturated heterocycles. The maximum absolute atomic E-state index is 11.8. The zero-order valence-electron chi connectivity index (χ0n) is 10.4. The van der Waals surface area contributed by atoms with Gasteiger partial charge in [0.15, 0.2) is 0 Å². The van der Waals surface area contributed by atoms with Crippen molar-refractivity contribution in [3.63, 3.8) is 0 Å². The number of aryl methyl sites for hydroxylation is 2. The van der Waals surface area contributed by atoms with Crippen molar-refractivity contribution in [3.05, 3.63) is 34.9 Å². The monoisotopic (exact) mass is 230 g/mol. The van der Waals surface area contributed by atoms with Gasteiger partial charge in [-0.1, -0.05) is 18.2 Å². The van der Waals surface area contributed by atoms with Gasteiger partial charge in [0.05, 0.1) is 6.04 Å². The molecule has 3 nitrogen and oxygen atoms in total. The van der Waals surface area contributed by atoms with Crippen molar-refractivity contribution >= 4 is 6.03 Å². The molecule has 0 aromatic heterocycles. The van der Waals surface area contributed by atoms with E-state index >= 15 is 0 Å². The number of urea groups is 1. The number of hydrogen-bond acceptors (Lipinski definition) is 1. The molecule has 1 atom stereocenters. The van der Waals surface area contributed by atoms with Gasteiger partial charge in [0.25, 0.3) is 0 Å². The molecular weight excluding hydrogens is 212 g/mol. The van der Waals surface area contributed by atoms with E-state index in [1.165, 1.54) is 36.0 Å². The van der Waals surface area contributed by atoms with Gasteiger partial charge in [-0.15, -0.1) is 0 Å². The van der Waals surface area contributed by atoms with Crippen LogP contribution in [0.3, 0.4) is 0 Å². The van der Waals surface area contributed by atoms with Crippen molar-refractivity contribution in [2.24, 2.45) is 0 Å². The molecule has 1 aliphatic heterocycles. The number of fused-ring (bicyclic) bond motifs is 1. The van der Waals surface area contributed by atoms with Gasteiger partial charge in [-0.25, -0.2) is 4.79 Å². The van der Waals surface area contributed by atoms with Crippen LogP contribution in [-0.2, 0) is 12.8 Å². The fourth-order valence-corrected chi connectivity index (χ4v) is 2.99. The van der Waals surface area contributed by atoms with Crippen molar-refractivity contribution in [1.82, 2.24) is 9.80 Å². The number of hydrogen-bond donors (Lipinski definition) is 0. The topological polar surface area (TPSA) is 23.6 Å². The maximum Gasteiger partial charge on any atom is 0.320 e. The molecule has 1 aromatic rings. The fourth-order valence-electron chi connectivity index (χ4n) is 2.99. The Balaban J connectivity index is 1.92. The molecule has 0 bridgehead atoms. The second-order valence-electron chi connectivity index (χ2n) is 5.17. The SMILES string of the molecule is CN1CC(c2ccc3c(c2)CCC3)N(C)C1=O. The van der Waals surface area contributed by atoms with Crippen LogP contribution in [0.25, 0.3) is 0 Å². The maximum atomic E-state index is 11.8. The molecule has 1 aliphatic carbocycles. The minimum atomic E-state index is 0.121. The van der Waals surface area contributed by atoms with Gasteiger partial charge < -0.3 is 9.80 Å². The summed E-state index contributed by atoms with van der Waals surface area (Å²) in [4.78, 5) is 15.4. The second-order valence-corrected chi connectivity index (χ2v) is 5.17. The fraction of sp³-hybridized carbons (Fsp3) is 0.500. The summed E-state index contributed by atoms with van der Waals surface area (Å²) < 4.78 is 0. The minimum Gasteiger partial charge on any atom is -0.325 e. The largest absolute Gasteiger partial charge is 0.325 e. The first kappa shape index (κ1) is 10.6. The Morgan fingerprint density at radius 1 is 1.18 bits per heavy atom. The number of carbonyl (C=O) groups excluding carboxylic acids is 1. The molecule has 1 unspecified atom stereocenters. The van der Waals surface area contributed by atoms with Crippen molar-refractivity contribution in [3.8, 4) is 0 Å². The van der Waals surface area contributed by atoms with Crippen LogP contribution < -0.4 is 0 Å². The summed E-state index contributed by atoms with van der Waals surface area (Å²) >= 11 is 0. The summed E-state index contributed by atoms with van der Waals surface area (Å²) in [6.45, 7) is 0.800. The van der Waals surface area contributed by atoms with Crippen LogP contribution in [0.5, 0.6) is 0 Å². The summed E-state index contributed by atoms with van der Waals surface area (Å²) in [6.07, 6.45) is 3.69. The van der Waals surface area contributed by atoms with Crippen LogP contribution in [0, 0.1) is 0 Å². The number of rotatable bonds is 1. The Bertz CT molecular complexity index is 469. The van der Waals surface area contributed by atoms with E-state index in [0.29, 0.717) is 0 Å². The molecule has 2 aliphatic rings. The first-order chi connectivity index (χ1) is 8.16. The Morgan fingerprint density at radius 3 is 2.65 bits per heavy atom. The quantitative estimate of drug-likeness (QED) is 0.725. The van der Waals surface area contributed by atoms with Crippen LogP contribution in [0.1, 0.15) is 29.2 Å². The summed E-state index contributed by atoms with van der Waals surface area (Å²) in [5.41, 5.74) is 4.26. The van der Waals surface area contributed by atoms with E-state index < -0.39 is 0 Å². The number of likely N-dealkylation sites (N-methyl/N-ethyl adjacent to an activating group) is 2. The average molecular weight is 230 g/mol. The molecule has 1 fully saturated rings. The van der Waals surface area contributed by atoms with Crippen molar-refractivity contribution < 1.29 is 4.79 Å². The van der Waals surface area contributed by atoms with Gasteiger partial charge >= 0.3 is 6.03 Å². The van der Waals surface area contributed by atoms with E-state index in [2.05, 4.69) is 18.2 Å². The lowest BCUT2D eigenvalue weighted by atomic mass is 10.0. The van der Waals surface area contributed by atoms with E-state index in [1.54, 1.807) is 4.90 Å². The van der Waals surface area contributed by atoms with Gasteiger partial charge in [-0.2, -0.15) is 0 Å². The van der Waals surface area contributed by atoms with Gasteiger partial charge in [0.2, 0.25) is 0 Å². The van der Waals surface area contributed by atoms with E-state index in [4.69, 9.17) is 0 Å². The third-order valence-electron chi connectivity index (χ3n) is 4.05. The smallest absolute Gasteiger partial charge is 0.320 e. The number of carbonyl (C=O) groups is 1. The second kappa shape index (κ2) is 3.76. The summed E-state index contributed by atoms with van der Waals surface area (Å²) in [5, 5.41) is 0. The van der Waals surface area contributed by atoms with Gasteiger partial charge in [0, 0.05) is 20.6 Å². The molecule has 1 aromatic carbocycles. The summed E-state index contributed by atoms with van der Waals surface area (Å²) in [5.74, 6) is 0. The molecule has 0 saturated carbocycles. The van der Waals surface area contributed by atoms with Gasteiger partial charge in [-0.05, 0) is 36.0 Å².